The third-order valence-corrected chi connectivity index (χ3v) is 6.69. The minimum Gasteiger partial charge on any atom is -0.340 e. The molecule has 168 valence electrons. The maximum atomic E-state index is 13.5. The summed E-state index contributed by atoms with van der Waals surface area (Å²) in [5.41, 5.74) is 3.72. The van der Waals surface area contributed by atoms with Gasteiger partial charge in [0.15, 0.2) is 0 Å². The van der Waals surface area contributed by atoms with Gasteiger partial charge in [-0.25, -0.2) is 9.37 Å². The van der Waals surface area contributed by atoms with E-state index >= 15 is 0 Å². The Balaban J connectivity index is 1.66. The van der Waals surface area contributed by atoms with Crippen LogP contribution in [0.5, 0.6) is 0 Å². The van der Waals surface area contributed by atoms with Crippen molar-refractivity contribution < 1.29 is 9.18 Å². The summed E-state index contributed by atoms with van der Waals surface area (Å²) in [6.45, 7) is 7.90. The van der Waals surface area contributed by atoms with Gasteiger partial charge in [-0.3, -0.25) is 4.79 Å². The van der Waals surface area contributed by atoms with Gasteiger partial charge in [-0.2, -0.15) is 12.6 Å². The van der Waals surface area contributed by atoms with E-state index in [0.29, 0.717) is 32.0 Å². The monoisotopic (exact) mass is 452 g/mol. The van der Waals surface area contributed by atoms with E-state index in [1.807, 2.05) is 17.0 Å². The number of aryl methyl sites for hydroxylation is 1. The first kappa shape index (κ1) is 22.4. The second kappa shape index (κ2) is 9.36. The minimum atomic E-state index is -0.283. The molecular weight excluding hydrogens is 423 g/mol. The molecule has 0 saturated carbocycles. The number of anilines is 2. The molecule has 0 radical (unpaired) electrons. The van der Waals surface area contributed by atoms with E-state index in [4.69, 9.17) is 4.98 Å². The van der Waals surface area contributed by atoms with Gasteiger partial charge >= 0.3 is 0 Å². The highest BCUT2D eigenvalue weighted by Crippen LogP contribution is 2.33. The zero-order chi connectivity index (χ0) is 22.8. The molecule has 1 aliphatic heterocycles. The summed E-state index contributed by atoms with van der Waals surface area (Å²) in [4.78, 5) is 19.6. The maximum absolute atomic E-state index is 13.5. The number of hydrogen-bond acceptors (Lipinski definition) is 4. The Morgan fingerprint density at radius 1 is 1.12 bits per heavy atom. The Hall–Kier alpha value is -2.80. The van der Waals surface area contributed by atoms with Crippen molar-refractivity contribution >= 4 is 30.0 Å². The fourth-order valence-corrected chi connectivity index (χ4v) is 3.95. The van der Waals surface area contributed by atoms with Gasteiger partial charge in [-0.05, 0) is 49.2 Å². The molecule has 5 nitrogen and oxygen atoms in total. The molecule has 4 rings (SSSR count). The predicted molar refractivity (Wildman–Crippen MR) is 130 cm³/mol. The number of amides is 1. The van der Waals surface area contributed by atoms with Crippen LogP contribution in [0.25, 0.3) is 11.3 Å². The van der Waals surface area contributed by atoms with Crippen LogP contribution in [0.4, 0.5) is 15.9 Å². The second-order valence-electron chi connectivity index (χ2n) is 8.71. The van der Waals surface area contributed by atoms with Crippen LogP contribution in [0.15, 0.2) is 48.5 Å². The fourth-order valence-electron chi connectivity index (χ4n) is 3.80. The highest BCUT2D eigenvalue weighted by molar-refractivity contribution is 7.81. The van der Waals surface area contributed by atoms with Crippen LogP contribution in [-0.2, 0) is 17.9 Å². The second-order valence-corrected chi connectivity index (χ2v) is 9.37. The molecule has 3 aromatic rings. The molecule has 1 aromatic heterocycles. The van der Waals surface area contributed by atoms with Crippen LogP contribution < -0.4 is 5.32 Å². The standard InChI is InChI=1S/C25H29FN4OS/c1-16(2)21(32)14-23(31)29-12-13-30-22(15-29)28-24(18-6-8-19(26)9-7-18)25(30)27-20-10-4-17(3)5-11-20/h4-11,16,21,27,32H,12-15H2,1-3H3. The van der Waals surface area contributed by atoms with E-state index in [-0.39, 0.29) is 17.0 Å². The number of nitrogens with one attached hydrogen (secondary N) is 1. The Labute approximate surface area is 194 Å². The molecule has 32 heavy (non-hydrogen) atoms. The maximum Gasteiger partial charge on any atom is 0.224 e. The first-order valence-corrected chi connectivity index (χ1v) is 11.5. The third-order valence-electron chi connectivity index (χ3n) is 5.91. The van der Waals surface area contributed by atoms with Crippen LogP contribution in [-0.4, -0.2) is 32.2 Å². The summed E-state index contributed by atoms with van der Waals surface area (Å²) in [6.07, 6.45) is 0.417. The zero-order valence-corrected chi connectivity index (χ0v) is 19.6. The van der Waals surface area contributed by atoms with Gasteiger partial charge in [-0.1, -0.05) is 31.5 Å². The SMILES string of the molecule is Cc1ccc(Nc2c(-c3ccc(F)cc3)nc3n2CCN(C(=O)CC(S)C(C)C)C3)cc1. The van der Waals surface area contributed by atoms with Crippen molar-refractivity contribution in [3.8, 4) is 11.3 Å². The summed E-state index contributed by atoms with van der Waals surface area (Å²) in [6, 6.07) is 14.5. The van der Waals surface area contributed by atoms with Crippen molar-refractivity contribution in [2.24, 2.45) is 5.92 Å². The van der Waals surface area contributed by atoms with Crippen molar-refractivity contribution in [1.29, 1.82) is 0 Å². The molecule has 1 amide bonds. The summed E-state index contributed by atoms with van der Waals surface area (Å²) < 4.78 is 15.7. The number of carbonyl (C=O) groups is 1. The third kappa shape index (κ3) is 4.83. The molecule has 1 N–H and O–H groups in total. The number of halogens is 1. The van der Waals surface area contributed by atoms with Gasteiger partial charge in [0, 0.05) is 36.0 Å². The van der Waals surface area contributed by atoms with Crippen molar-refractivity contribution in [3.05, 3.63) is 65.7 Å². The van der Waals surface area contributed by atoms with Crippen LogP contribution in [0.1, 0.15) is 31.7 Å². The molecule has 0 spiro atoms. The summed E-state index contributed by atoms with van der Waals surface area (Å²) in [5, 5.41) is 3.54. The molecule has 0 saturated heterocycles. The average Bonchev–Trinajstić information content (AvgIpc) is 3.13. The van der Waals surface area contributed by atoms with Crippen LogP contribution >= 0.6 is 12.6 Å². The minimum absolute atomic E-state index is 0.0395. The number of imidazole rings is 1. The number of hydrogen-bond donors (Lipinski definition) is 2. The lowest BCUT2D eigenvalue weighted by Crippen LogP contribution is -2.39. The normalized spacial score (nSPS) is 14.4. The number of nitrogens with zero attached hydrogens (tertiary/aromatic N) is 3. The van der Waals surface area contributed by atoms with Crippen molar-refractivity contribution in [2.75, 3.05) is 11.9 Å². The molecule has 1 unspecified atom stereocenters. The highest BCUT2D eigenvalue weighted by Gasteiger charge is 2.28. The van der Waals surface area contributed by atoms with Gasteiger partial charge in [-0.15, -0.1) is 0 Å². The molecule has 1 aliphatic rings. The first-order chi connectivity index (χ1) is 15.3. The number of aromatic nitrogens is 2. The zero-order valence-electron chi connectivity index (χ0n) is 18.7. The van der Waals surface area contributed by atoms with E-state index in [1.165, 1.54) is 17.7 Å². The van der Waals surface area contributed by atoms with E-state index in [1.54, 1.807) is 12.1 Å². The van der Waals surface area contributed by atoms with Gasteiger partial charge in [0.2, 0.25) is 5.91 Å². The van der Waals surface area contributed by atoms with Gasteiger partial charge in [0.25, 0.3) is 0 Å². The van der Waals surface area contributed by atoms with Crippen LogP contribution in [0.2, 0.25) is 0 Å². The summed E-state index contributed by atoms with van der Waals surface area (Å²) in [7, 11) is 0. The Kier molecular flexibility index (Phi) is 6.55. The largest absolute Gasteiger partial charge is 0.340 e. The van der Waals surface area contributed by atoms with Crippen molar-refractivity contribution in [1.82, 2.24) is 14.5 Å². The molecule has 2 heterocycles. The molecular formula is C25H29FN4OS. The van der Waals surface area contributed by atoms with Gasteiger partial charge in [0.05, 0.1) is 6.54 Å². The van der Waals surface area contributed by atoms with E-state index in [9.17, 15) is 9.18 Å². The molecule has 0 aliphatic carbocycles. The van der Waals surface area contributed by atoms with E-state index < -0.39 is 0 Å². The van der Waals surface area contributed by atoms with Gasteiger partial charge in [0.1, 0.15) is 23.2 Å². The number of fused-ring (bicyclic) bond motifs is 1. The lowest BCUT2D eigenvalue weighted by molar-refractivity contribution is -0.132. The fraction of sp³-hybridized carbons (Fsp3) is 0.360. The summed E-state index contributed by atoms with van der Waals surface area (Å²) >= 11 is 4.57. The lowest BCUT2D eigenvalue weighted by Gasteiger charge is -2.30. The number of carbonyl (C=O) groups excluding carboxylic acids is 1. The smallest absolute Gasteiger partial charge is 0.224 e. The average molecular weight is 453 g/mol. The quantitative estimate of drug-likeness (QED) is 0.491. The van der Waals surface area contributed by atoms with Gasteiger partial charge < -0.3 is 14.8 Å². The molecule has 7 heteroatoms. The lowest BCUT2D eigenvalue weighted by atomic mass is 10.1. The van der Waals surface area contributed by atoms with E-state index in [2.05, 4.69) is 55.4 Å². The number of thiol groups is 1. The number of benzene rings is 2. The van der Waals surface area contributed by atoms with E-state index in [0.717, 1.165) is 28.6 Å². The molecule has 1 atom stereocenters. The Morgan fingerprint density at radius 2 is 1.81 bits per heavy atom. The molecule has 2 aromatic carbocycles. The van der Waals surface area contributed by atoms with Crippen LogP contribution in [0.3, 0.4) is 0 Å². The Bertz CT molecular complexity index is 1090. The molecule has 0 bridgehead atoms. The topological polar surface area (TPSA) is 50.2 Å². The first-order valence-electron chi connectivity index (χ1n) is 11.0. The Morgan fingerprint density at radius 3 is 2.47 bits per heavy atom. The summed E-state index contributed by atoms with van der Waals surface area (Å²) in [5.74, 6) is 1.83. The highest BCUT2D eigenvalue weighted by atomic mass is 32.1. The van der Waals surface area contributed by atoms with Crippen molar-refractivity contribution in [2.45, 2.75) is 45.5 Å². The molecule has 0 fully saturated rings. The van der Waals surface area contributed by atoms with Crippen LogP contribution in [0, 0.1) is 18.7 Å². The van der Waals surface area contributed by atoms with Crippen molar-refractivity contribution in [3.63, 3.8) is 0 Å². The predicted octanol–water partition coefficient (Wildman–Crippen LogP) is 5.43. The number of rotatable bonds is 6.